The molecule has 4 rings (SSSR count). The predicted octanol–water partition coefficient (Wildman–Crippen LogP) is 4.41. The third-order valence-corrected chi connectivity index (χ3v) is 10.3. The molecule has 3 atom stereocenters. The molecule has 1 spiro atoms. The normalized spacial score (nSPS) is 29.1. The number of amides is 1. The van der Waals surface area contributed by atoms with Crippen LogP contribution in [0.25, 0.3) is 0 Å². The SMILES string of the molecule is Cc1ccc(OCCNC(=O)C2C[C@H]3CC[C@@H](C2)C32SCCS2)c(C)c1. The van der Waals surface area contributed by atoms with E-state index in [2.05, 4.69) is 54.8 Å². The lowest BCUT2D eigenvalue weighted by Gasteiger charge is -2.42. The molecular weight excluding hydrogens is 362 g/mol. The van der Waals surface area contributed by atoms with E-state index in [0.717, 1.165) is 36.0 Å². The van der Waals surface area contributed by atoms with E-state index in [0.29, 0.717) is 17.2 Å². The van der Waals surface area contributed by atoms with Crippen molar-refractivity contribution in [2.75, 3.05) is 24.7 Å². The van der Waals surface area contributed by atoms with Gasteiger partial charge >= 0.3 is 0 Å². The number of ether oxygens (including phenoxy) is 1. The van der Waals surface area contributed by atoms with Gasteiger partial charge in [-0.05, 0) is 63.0 Å². The van der Waals surface area contributed by atoms with Gasteiger partial charge in [0.1, 0.15) is 12.4 Å². The van der Waals surface area contributed by atoms with Crippen LogP contribution in [0.3, 0.4) is 0 Å². The maximum absolute atomic E-state index is 12.7. The fourth-order valence-electron chi connectivity index (χ4n) is 5.06. The smallest absolute Gasteiger partial charge is 0.223 e. The molecule has 1 aromatic carbocycles. The number of hydrogen-bond acceptors (Lipinski definition) is 4. The van der Waals surface area contributed by atoms with Gasteiger partial charge in [0.2, 0.25) is 5.91 Å². The Kier molecular flexibility index (Phi) is 5.47. The summed E-state index contributed by atoms with van der Waals surface area (Å²) in [7, 11) is 0. The first-order chi connectivity index (χ1) is 12.6. The van der Waals surface area contributed by atoms with Crippen molar-refractivity contribution in [1.29, 1.82) is 0 Å². The molecule has 1 unspecified atom stereocenters. The number of aryl methyl sites for hydroxylation is 2. The van der Waals surface area contributed by atoms with E-state index in [1.54, 1.807) is 0 Å². The van der Waals surface area contributed by atoms with E-state index in [9.17, 15) is 4.79 Å². The summed E-state index contributed by atoms with van der Waals surface area (Å²) < 4.78 is 6.30. The molecule has 1 amide bonds. The quantitative estimate of drug-likeness (QED) is 0.755. The average molecular weight is 392 g/mol. The van der Waals surface area contributed by atoms with Crippen molar-refractivity contribution in [1.82, 2.24) is 5.32 Å². The Labute approximate surface area is 165 Å². The summed E-state index contributed by atoms with van der Waals surface area (Å²) in [5, 5.41) is 3.12. The molecule has 3 fully saturated rings. The van der Waals surface area contributed by atoms with Crippen molar-refractivity contribution in [2.24, 2.45) is 17.8 Å². The topological polar surface area (TPSA) is 38.3 Å². The molecule has 1 N–H and O–H groups in total. The van der Waals surface area contributed by atoms with E-state index in [4.69, 9.17) is 4.74 Å². The van der Waals surface area contributed by atoms with Crippen molar-refractivity contribution < 1.29 is 9.53 Å². The highest BCUT2D eigenvalue weighted by Crippen LogP contribution is 2.65. The molecule has 5 heteroatoms. The van der Waals surface area contributed by atoms with Crippen LogP contribution in [-0.2, 0) is 4.79 Å². The van der Waals surface area contributed by atoms with Crippen LogP contribution >= 0.6 is 23.5 Å². The van der Waals surface area contributed by atoms with Gasteiger partial charge in [0.05, 0.1) is 10.6 Å². The van der Waals surface area contributed by atoms with Crippen LogP contribution in [0, 0.1) is 31.6 Å². The van der Waals surface area contributed by atoms with Gasteiger partial charge in [-0.1, -0.05) is 17.7 Å². The number of hydrogen-bond donors (Lipinski definition) is 1. The van der Waals surface area contributed by atoms with Gasteiger partial charge in [0.25, 0.3) is 0 Å². The first-order valence-corrected chi connectivity index (χ1v) is 11.8. The number of rotatable bonds is 5. The van der Waals surface area contributed by atoms with Gasteiger partial charge < -0.3 is 10.1 Å². The van der Waals surface area contributed by atoms with E-state index in [1.165, 1.54) is 29.9 Å². The summed E-state index contributed by atoms with van der Waals surface area (Å²) in [6.07, 6.45) is 4.81. The highest BCUT2D eigenvalue weighted by atomic mass is 32.2. The summed E-state index contributed by atoms with van der Waals surface area (Å²) in [4.78, 5) is 12.7. The number of nitrogens with one attached hydrogen (secondary N) is 1. The zero-order valence-corrected chi connectivity index (χ0v) is 17.4. The van der Waals surface area contributed by atoms with Gasteiger partial charge in [-0.25, -0.2) is 0 Å². The molecule has 2 bridgehead atoms. The molecule has 0 aromatic heterocycles. The standard InChI is InChI=1S/C21H29NO2S2/c1-14-3-6-19(15(2)11-14)24-8-7-22-20(23)16-12-17-4-5-18(13-16)21(17)25-9-10-26-21/h3,6,11,16-18H,4-5,7-10,12-13H2,1-2H3,(H,22,23)/t16?,17-,18+. The second kappa shape index (κ2) is 7.67. The molecule has 142 valence electrons. The molecule has 3 aliphatic rings. The second-order valence-corrected chi connectivity index (χ2v) is 11.0. The zero-order chi connectivity index (χ0) is 18.1. The number of carbonyl (C=O) groups excluding carboxylic acids is 1. The molecule has 1 saturated heterocycles. The van der Waals surface area contributed by atoms with Crippen molar-refractivity contribution in [3.63, 3.8) is 0 Å². The molecule has 26 heavy (non-hydrogen) atoms. The minimum absolute atomic E-state index is 0.209. The van der Waals surface area contributed by atoms with Gasteiger partial charge in [-0.2, -0.15) is 0 Å². The molecule has 2 aliphatic carbocycles. The second-order valence-electron chi connectivity index (χ2n) is 7.97. The average Bonchev–Trinajstić information content (AvgIpc) is 3.15. The molecule has 0 radical (unpaired) electrons. The van der Waals surface area contributed by atoms with E-state index < -0.39 is 0 Å². The Balaban J connectivity index is 1.25. The van der Waals surface area contributed by atoms with Gasteiger partial charge in [-0.3, -0.25) is 4.79 Å². The monoisotopic (exact) mass is 391 g/mol. The summed E-state index contributed by atoms with van der Waals surface area (Å²) in [5.41, 5.74) is 2.39. The third-order valence-electron chi connectivity index (χ3n) is 6.24. The lowest BCUT2D eigenvalue weighted by molar-refractivity contribution is -0.126. The summed E-state index contributed by atoms with van der Waals surface area (Å²) >= 11 is 4.38. The van der Waals surface area contributed by atoms with Crippen LogP contribution in [0.2, 0.25) is 0 Å². The van der Waals surface area contributed by atoms with E-state index >= 15 is 0 Å². The van der Waals surface area contributed by atoms with Crippen LogP contribution in [0.5, 0.6) is 5.75 Å². The van der Waals surface area contributed by atoms with Crippen LogP contribution in [-0.4, -0.2) is 34.6 Å². The third kappa shape index (κ3) is 3.49. The molecule has 1 aliphatic heterocycles. The first kappa shape index (κ1) is 18.5. The van der Waals surface area contributed by atoms with Crippen molar-refractivity contribution in [3.05, 3.63) is 29.3 Å². The van der Waals surface area contributed by atoms with Gasteiger partial charge in [0.15, 0.2) is 0 Å². The van der Waals surface area contributed by atoms with E-state index in [-0.39, 0.29) is 11.8 Å². The molecule has 1 aromatic rings. The summed E-state index contributed by atoms with van der Waals surface area (Å²) in [6.45, 7) is 5.27. The number of carbonyl (C=O) groups is 1. The maximum Gasteiger partial charge on any atom is 0.223 e. The predicted molar refractivity (Wildman–Crippen MR) is 111 cm³/mol. The number of thioether (sulfide) groups is 2. The summed E-state index contributed by atoms with van der Waals surface area (Å²) in [6, 6.07) is 6.20. The van der Waals surface area contributed by atoms with Crippen molar-refractivity contribution in [3.8, 4) is 5.75 Å². The maximum atomic E-state index is 12.7. The lowest BCUT2D eigenvalue weighted by Crippen LogP contribution is -2.43. The molecule has 3 nitrogen and oxygen atoms in total. The van der Waals surface area contributed by atoms with E-state index in [1.807, 2.05) is 6.07 Å². The molecule has 1 heterocycles. The highest BCUT2D eigenvalue weighted by Gasteiger charge is 2.57. The Hall–Kier alpha value is -0.810. The van der Waals surface area contributed by atoms with Gasteiger partial charge in [-0.15, -0.1) is 23.5 Å². The molecular formula is C21H29NO2S2. The van der Waals surface area contributed by atoms with Crippen LogP contribution in [0.15, 0.2) is 18.2 Å². The largest absolute Gasteiger partial charge is 0.491 e. The Bertz CT molecular complexity index is 656. The van der Waals surface area contributed by atoms with Gasteiger partial charge in [0, 0.05) is 17.4 Å². The van der Waals surface area contributed by atoms with Crippen LogP contribution in [0.4, 0.5) is 0 Å². The highest BCUT2D eigenvalue weighted by molar-refractivity contribution is 8.21. The van der Waals surface area contributed by atoms with Crippen LogP contribution < -0.4 is 10.1 Å². The fourth-order valence-corrected chi connectivity index (χ4v) is 8.99. The fraction of sp³-hybridized carbons (Fsp3) is 0.667. The molecule has 2 saturated carbocycles. The zero-order valence-electron chi connectivity index (χ0n) is 15.8. The Morgan fingerprint density at radius 3 is 2.54 bits per heavy atom. The Morgan fingerprint density at radius 2 is 1.88 bits per heavy atom. The summed E-state index contributed by atoms with van der Waals surface area (Å²) in [5.74, 6) is 5.43. The minimum atomic E-state index is 0.209. The first-order valence-electron chi connectivity index (χ1n) is 9.84. The van der Waals surface area contributed by atoms with Crippen LogP contribution in [0.1, 0.15) is 36.8 Å². The van der Waals surface area contributed by atoms with Crippen molar-refractivity contribution in [2.45, 2.75) is 43.6 Å². The van der Waals surface area contributed by atoms with Crippen molar-refractivity contribution >= 4 is 29.4 Å². The Morgan fingerprint density at radius 1 is 1.19 bits per heavy atom. The number of benzene rings is 1. The minimum Gasteiger partial charge on any atom is -0.491 e. The lowest BCUT2D eigenvalue weighted by atomic mass is 9.79.